The Kier molecular flexibility index (Phi) is 4.10. The van der Waals surface area contributed by atoms with Crippen molar-refractivity contribution < 1.29 is 19.3 Å². The highest BCUT2D eigenvalue weighted by Gasteiger charge is 2.21. The quantitative estimate of drug-likeness (QED) is 0.886. The number of hydrogen-bond acceptors (Lipinski definition) is 5. The van der Waals surface area contributed by atoms with E-state index >= 15 is 0 Å². The second-order valence-corrected chi connectivity index (χ2v) is 5.48. The molecule has 110 valence electrons. The third kappa shape index (κ3) is 3.06. The Morgan fingerprint density at radius 2 is 2.20 bits per heavy atom. The Morgan fingerprint density at radius 1 is 1.35 bits per heavy atom. The molecule has 3 rings (SSSR count). The molecule has 0 amide bonds. The van der Waals surface area contributed by atoms with E-state index in [1.54, 1.807) is 0 Å². The fourth-order valence-electron chi connectivity index (χ4n) is 2.73. The van der Waals surface area contributed by atoms with Crippen LogP contribution in [0.15, 0.2) is 18.2 Å². The van der Waals surface area contributed by atoms with Crippen molar-refractivity contribution in [2.75, 3.05) is 33.5 Å². The number of likely N-dealkylation sites (N-methyl/N-ethyl adjacent to an activating group) is 1. The number of hydrogen-bond donors (Lipinski definition) is 1. The molecule has 0 aliphatic carbocycles. The minimum absolute atomic E-state index is 0.258. The van der Waals surface area contributed by atoms with Crippen LogP contribution in [0, 0.1) is 0 Å². The minimum Gasteiger partial charge on any atom is -0.454 e. The Balaban J connectivity index is 1.56. The molecule has 0 bridgehead atoms. The fourth-order valence-corrected chi connectivity index (χ4v) is 2.73. The van der Waals surface area contributed by atoms with Gasteiger partial charge in [-0.3, -0.25) is 0 Å². The number of fused-ring (bicyclic) bond motifs is 1. The Labute approximate surface area is 119 Å². The first kappa shape index (κ1) is 13.7. The van der Waals surface area contributed by atoms with Gasteiger partial charge in [-0.2, -0.15) is 0 Å². The third-order valence-corrected chi connectivity index (χ3v) is 3.81. The van der Waals surface area contributed by atoms with Gasteiger partial charge in [-0.15, -0.1) is 0 Å². The monoisotopic (exact) mass is 279 g/mol. The predicted molar refractivity (Wildman–Crippen MR) is 74.0 cm³/mol. The van der Waals surface area contributed by atoms with Gasteiger partial charge in [-0.1, -0.05) is 6.07 Å². The van der Waals surface area contributed by atoms with Gasteiger partial charge in [0.2, 0.25) is 6.79 Å². The van der Waals surface area contributed by atoms with Gasteiger partial charge in [0.25, 0.3) is 0 Å². The highest BCUT2D eigenvalue weighted by Crippen LogP contribution is 2.34. The van der Waals surface area contributed by atoms with Crippen LogP contribution in [0.5, 0.6) is 11.5 Å². The summed E-state index contributed by atoms with van der Waals surface area (Å²) in [6.45, 7) is 2.57. The Bertz CT molecular complexity index is 459. The van der Waals surface area contributed by atoms with Gasteiger partial charge in [-0.25, -0.2) is 0 Å². The molecule has 2 aliphatic rings. The van der Waals surface area contributed by atoms with Crippen LogP contribution in [0.4, 0.5) is 0 Å². The van der Waals surface area contributed by atoms with Crippen LogP contribution in [-0.4, -0.2) is 49.6 Å². The van der Waals surface area contributed by atoms with E-state index in [2.05, 4.69) is 4.90 Å². The topological polar surface area (TPSA) is 51.2 Å². The first-order valence-corrected chi connectivity index (χ1v) is 7.10. The van der Waals surface area contributed by atoms with E-state index in [1.165, 1.54) is 0 Å². The molecule has 1 fully saturated rings. The second-order valence-electron chi connectivity index (χ2n) is 5.48. The molecule has 0 spiro atoms. The summed E-state index contributed by atoms with van der Waals surface area (Å²) in [5, 5.41) is 10.3. The van der Waals surface area contributed by atoms with Gasteiger partial charge >= 0.3 is 0 Å². The van der Waals surface area contributed by atoms with Gasteiger partial charge in [0, 0.05) is 19.7 Å². The number of aliphatic hydroxyl groups is 1. The zero-order valence-corrected chi connectivity index (χ0v) is 11.7. The fraction of sp³-hybridized carbons (Fsp3) is 0.600. The lowest BCUT2D eigenvalue weighted by Gasteiger charge is -2.23. The number of benzene rings is 1. The highest BCUT2D eigenvalue weighted by atomic mass is 16.7. The molecular weight excluding hydrogens is 258 g/mol. The lowest BCUT2D eigenvalue weighted by atomic mass is 10.1. The maximum Gasteiger partial charge on any atom is 0.231 e. The molecule has 1 saturated heterocycles. The van der Waals surface area contributed by atoms with Crippen LogP contribution in [0.1, 0.15) is 24.5 Å². The van der Waals surface area contributed by atoms with E-state index in [0.717, 1.165) is 37.3 Å². The van der Waals surface area contributed by atoms with E-state index in [4.69, 9.17) is 14.2 Å². The zero-order chi connectivity index (χ0) is 13.9. The Morgan fingerprint density at radius 3 is 3.00 bits per heavy atom. The van der Waals surface area contributed by atoms with Gasteiger partial charge < -0.3 is 24.2 Å². The van der Waals surface area contributed by atoms with E-state index in [9.17, 15) is 5.11 Å². The van der Waals surface area contributed by atoms with Crippen molar-refractivity contribution in [3.63, 3.8) is 0 Å². The highest BCUT2D eigenvalue weighted by molar-refractivity contribution is 5.45. The van der Waals surface area contributed by atoms with Crippen LogP contribution in [0.3, 0.4) is 0 Å². The largest absolute Gasteiger partial charge is 0.454 e. The van der Waals surface area contributed by atoms with E-state index in [0.29, 0.717) is 18.4 Å². The minimum atomic E-state index is -0.532. The molecule has 0 saturated carbocycles. The van der Waals surface area contributed by atoms with Crippen LogP contribution in [0.25, 0.3) is 0 Å². The molecule has 0 aromatic heterocycles. The second kappa shape index (κ2) is 5.99. The lowest BCUT2D eigenvalue weighted by molar-refractivity contribution is 0.0601. The lowest BCUT2D eigenvalue weighted by Crippen LogP contribution is -2.32. The molecular formula is C15H21NO4. The van der Waals surface area contributed by atoms with Crippen molar-refractivity contribution in [2.45, 2.75) is 25.0 Å². The smallest absolute Gasteiger partial charge is 0.231 e. The van der Waals surface area contributed by atoms with Crippen molar-refractivity contribution in [1.29, 1.82) is 0 Å². The van der Waals surface area contributed by atoms with Crippen molar-refractivity contribution in [3.8, 4) is 11.5 Å². The van der Waals surface area contributed by atoms with Crippen LogP contribution in [-0.2, 0) is 4.74 Å². The standard InChI is InChI=1S/C15H21NO4/c1-16(8-12-3-2-6-18-12)9-13(17)11-4-5-14-15(7-11)20-10-19-14/h4-5,7,12-13,17H,2-3,6,8-10H2,1H3/t12-,13+/m1/s1. The van der Waals surface area contributed by atoms with Gasteiger partial charge in [0.1, 0.15) is 0 Å². The molecule has 5 heteroatoms. The summed E-state index contributed by atoms with van der Waals surface area (Å²) in [7, 11) is 2.01. The SMILES string of the molecule is CN(C[C@H]1CCCO1)C[C@H](O)c1ccc2c(c1)OCO2. The summed E-state index contributed by atoms with van der Waals surface area (Å²) in [4.78, 5) is 2.12. The molecule has 1 N–H and O–H groups in total. The predicted octanol–water partition coefficient (Wildman–Crippen LogP) is 1.56. The Hall–Kier alpha value is -1.30. The summed E-state index contributed by atoms with van der Waals surface area (Å²) in [5.41, 5.74) is 0.855. The molecule has 20 heavy (non-hydrogen) atoms. The first-order valence-electron chi connectivity index (χ1n) is 7.10. The molecule has 0 radical (unpaired) electrons. The van der Waals surface area contributed by atoms with Crippen molar-refractivity contribution in [1.82, 2.24) is 4.90 Å². The molecule has 2 aliphatic heterocycles. The van der Waals surface area contributed by atoms with Crippen LogP contribution < -0.4 is 9.47 Å². The van der Waals surface area contributed by atoms with Crippen molar-refractivity contribution in [3.05, 3.63) is 23.8 Å². The van der Waals surface area contributed by atoms with Gasteiger partial charge in [-0.05, 0) is 37.6 Å². The molecule has 2 atom stereocenters. The normalized spacial score (nSPS) is 22.4. The summed E-state index contributed by atoms with van der Waals surface area (Å²) < 4.78 is 16.2. The molecule has 1 aromatic carbocycles. The van der Waals surface area contributed by atoms with E-state index < -0.39 is 6.10 Å². The summed E-state index contributed by atoms with van der Waals surface area (Å²) >= 11 is 0. The van der Waals surface area contributed by atoms with E-state index in [1.807, 2.05) is 25.2 Å². The molecule has 2 heterocycles. The summed E-state index contributed by atoms with van der Waals surface area (Å²) in [6, 6.07) is 5.59. The van der Waals surface area contributed by atoms with Crippen LogP contribution in [0.2, 0.25) is 0 Å². The number of rotatable bonds is 5. The summed E-state index contributed by atoms with van der Waals surface area (Å²) in [6.07, 6.45) is 2.04. The average Bonchev–Trinajstić information content (AvgIpc) is 3.07. The van der Waals surface area contributed by atoms with Crippen molar-refractivity contribution >= 4 is 0 Å². The first-order chi connectivity index (χ1) is 9.72. The van der Waals surface area contributed by atoms with Crippen molar-refractivity contribution in [2.24, 2.45) is 0 Å². The average molecular weight is 279 g/mol. The number of ether oxygens (including phenoxy) is 3. The number of aliphatic hydroxyl groups excluding tert-OH is 1. The van der Waals surface area contributed by atoms with E-state index in [-0.39, 0.29) is 6.79 Å². The van der Waals surface area contributed by atoms with Crippen LogP contribution >= 0.6 is 0 Å². The number of nitrogens with zero attached hydrogens (tertiary/aromatic N) is 1. The maximum atomic E-state index is 10.3. The van der Waals surface area contributed by atoms with Gasteiger partial charge in [0.15, 0.2) is 11.5 Å². The summed E-state index contributed by atoms with van der Waals surface area (Å²) in [5.74, 6) is 1.46. The molecule has 5 nitrogen and oxygen atoms in total. The maximum absolute atomic E-state index is 10.3. The van der Waals surface area contributed by atoms with Gasteiger partial charge in [0.05, 0.1) is 12.2 Å². The third-order valence-electron chi connectivity index (χ3n) is 3.81. The molecule has 0 unspecified atom stereocenters. The zero-order valence-electron chi connectivity index (χ0n) is 11.7. The molecule has 1 aromatic rings.